The van der Waals surface area contributed by atoms with Crippen molar-refractivity contribution in [3.05, 3.63) is 162 Å². The minimum absolute atomic E-state index is 0.0619. The molecule has 4 heterocycles. The highest BCUT2D eigenvalue weighted by Gasteiger charge is 2.32. The van der Waals surface area contributed by atoms with E-state index in [0.29, 0.717) is 11.1 Å². The Kier molecular flexibility index (Phi) is 15.1. The van der Waals surface area contributed by atoms with Crippen molar-refractivity contribution >= 4 is 47.8 Å². The first-order valence-electron chi connectivity index (χ1n) is 17.6. The van der Waals surface area contributed by atoms with Crippen molar-refractivity contribution in [2.75, 3.05) is 0 Å². The van der Waals surface area contributed by atoms with Crippen LogP contribution in [0.2, 0.25) is 0 Å². The summed E-state index contributed by atoms with van der Waals surface area (Å²) in [6.45, 7) is 0.244. The zero-order chi connectivity index (χ0) is 45.1. The molecule has 1 N–H and O–H groups in total. The lowest BCUT2D eigenvalue weighted by atomic mass is 10.2. The van der Waals surface area contributed by atoms with Crippen molar-refractivity contribution < 1.29 is 44.9 Å². The van der Waals surface area contributed by atoms with Gasteiger partial charge in [-0.25, -0.2) is 9.78 Å². The average molecular weight is 1070 g/mol. The molecule has 324 valence electrons. The summed E-state index contributed by atoms with van der Waals surface area (Å²) in [6, 6.07) is 31.2. The Hall–Kier alpha value is -6.46. The Morgan fingerprint density at radius 2 is 1.11 bits per heavy atom. The van der Waals surface area contributed by atoms with E-state index < -0.39 is 12.7 Å². The van der Waals surface area contributed by atoms with E-state index in [0.717, 1.165) is 44.1 Å². The molecule has 14 nitrogen and oxygen atoms in total. The SMILES string of the molecule is BrCc1cccc(Br)c1.O=c1ccc(-c2nc(-c3ccc(OC(F)(F)F)cc3)no2)n[nH]1.O=c1ccc(-c2nc(-c3ccc(OC(F)(F)F)cc3)no2)nn1Cc1cccc(Br)c1. The van der Waals surface area contributed by atoms with Gasteiger partial charge in [-0.15, -0.1) is 26.3 Å². The summed E-state index contributed by atoms with van der Waals surface area (Å²) >= 11 is 10.1. The fourth-order valence-electron chi connectivity index (χ4n) is 5.07. The third kappa shape index (κ3) is 14.0. The van der Waals surface area contributed by atoms with Crippen LogP contribution in [0.4, 0.5) is 26.3 Å². The molecule has 0 bridgehead atoms. The van der Waals surface area contributed by atoms with E-state index in [4.69, 9.17) is 9.05 Å². The number of ether oxygens (including phenoxy) is 2. The van der Waals surface area contributed by atoms with Crippen LogP contribution in [-0.2, 0) is 11.9 Å². The summed E-state index contributed by atoms with van der Waals surface area (Å²) in [5.74, 6) is -0.277. The topological polar surface area (TPSA) is 177 Å². The molecule has 0 saturated carbocycles. The molecule has 0 radical (unpaired) electrons. The van der Waals surface area contributed by atoms with Gasteiger partial charge >= 0.3 is 12.7 Å². The Morgan fingerprint density at radius 1 is 0.619 bits per heavy atom. The molecule has 0 spiro atoms. The largest absolute Gasteiger partial charge is 0.573 e. The molecule has 63 heavy (non-hydrogen) atoms. The first-order chi connectivity index (χ1) is 30.0. The highest BCUT2D eigenvalue weighted by molar-refractivity contribution is 9.10. The molecule has 4 aromatic heterocycles. The number of hydrogen-bond acceptors (Lipinski definition) is 12. The van der Waals surface area contributed by atoms with Gasteiger partial charge in [0.15, 0.2) is 0 Å². The van der Waals surface area contributed by atoms with E-state index >= 15 is 0 Å². The predicted octanol–water partition coefficient (Wildman–Crippen LogP) is 10.4. The summed E-state index contributed by atoms with van der Waals surface area (Å²) in [7, 11) is 0. The molecule has 0 aliphatic carbocycles. The van der Waals surface area contributed by atoms with Crippen LogP contribution >= 0.6 is 47.8 Å². The van der Waals surface area contributed by atoms with E-state index in [9.17, 15) is 35.9 Å². The molecule has 0 amide bonds. The number of nitrogens with zero attached hydrogens (tertiary/aromatic N) is 7. The molecule has 8 aromatic rings. The number of aromatic nitrogens is 8. The molecule has 8 rings (SSSR count). The van der Waals surface area contributed by atoms with Gasteiger partial charge in [-0.05, 0) is 96.1 Å². The molecule has 0 aliphatic heterocycles. The molecule has 23 heteroatoms. The normalized spacial score (nSPS) is 11.2. The van der Waals surface area contributed by atoms with Gasteiger partial charge in [0.05, 0.1) is 6.54 Å². The second-order valence-electron chi connectivity index (χ2n) is 12.4. The molecular formula is C40H25Br3F6N8O6. The number of alkyl halides is 7. The fourth-order valence-corrected chi connectivity index (χ4v) is 6.31. The third-order valence-electron chi connectivity index (χ3n) is 7.79. The molecule has 0 fully saturated rings. The Labute approximate surface area is 375 Å². The van der Waals surface area contributed by atoms with Crippen LogP contribution in [0.15, 0.2) is 149 Å². The van der Waals surface area contributed by atoms with Crippen LogP contribution in [0, 0.1) is 0 Å². The van der Waals surface area contributed by atoms with Crippen LogP contribution in [0.1, 0.15) is 11.1 Å². The van der Waals surface area contributed by atoms with Gasteiger partial charge in [-0.2, -0.15) is 20.2 Å². The first-order valence-corrected chi connectivity index (χ1v) is 20.3. The summed E-state index contributed by atoms with van der Waals surface area (Å²) < 4.78 is 94.2. The van der Waals surface area contributed by atoms with Crippen molar-refractivity contribution in [2.45, 2.75) is 24.6 Å². The number of rotatable bonds is 9. The fraction of sp³-hybridized carbons (Fsp3) is 0.100. The minimum Gasteiger partial charge on any atom is -0.406 e. The van der Waals surface area contributed by atoms with Gasteiger partial charge in [0.25, 0.3) is 22.9 Å². The lowest BCUT2D eigenvalue weighted by Gasteiger charge is -2.08. The lowest BCUT2D eigenvalue weighted by Crippen LogP contribution is -2.22. The molecule has 0 aliphatic rings. The summed E-state index contributed by atoms with van der Waals surface area (Å²) in [5, 5.41) is 18.7. The van der Waals surface area contributed by atoms with Crippen LogP contribution < -0.4 is 20.6 Å². The van der Waals surface area contributed by atoms with Crippen molar-refractivity contribution in [3.8, 4) is 57.4 Å². The number of halogens is 9. The number of benzene rings is 4. The van der Waals surface area contributed by atoms with Gasteiger partial charge in [0, 0.05) is 37.5 Å². The van der Waals surface area contributed by atoms with E-state index in [1.165, 1.54) is 58.8 Å². The first kappa shape index (κ1) is 46.1. The lowest BCUT2D eigenvalue weighted by molar-refractivity contribution is -0.275. The monoisotopic (exact) mass is 1060 g/mol. The maximum Gasteiger partial charge on any atom is 0.573 e. The molecular weight excluding hydrogens is 1040 g/mol. The zero-order valence-corrected chi connectivity index (χ0v) is 36.2. The van der Waals surface area contributed by atoms with Gasteiger partial charge in [-0.3, -0.25) is 9.59 Å². The Bertz CT molecular complexity index is 2870. The van der Waals surface area contributed by atoms with Gasteiger partial charge in [0.1, 0.15) is 22.9 Å². The van der Waals surface area contributed by atoms with E-state index in [1.807, 2.05) is 36.4 Å². The van der Waals surface area contributed by atoms with E-state index in [1.54, 1.807) is 0 Å². The highest BCUT2D eigenvalue weighted by atomic mass is 79.9. The molecule has 4 aromatic carbocycles. The Balaban J connectivity index is 0.000000180. The molecule has 0 saturated heterocycles. The van der Waals surface area contributed by atoms with Crippen molar-refractivity contribution in [2.24, 2.45) is 0 Å². The van der Waals surface area contributed by atoms with Gasteiger partial charge < -0.3 is 18.5 Å². The summed E-state index contributed by atoms with van der Waals surface area (Å²) in [6.07, 6.45) is -9.53. The van der Waals surface area contributed by atoms with Crippen molar-refractivity contribution in [3.63, 3.8) is 0 Å². The maximum atomic E-state index is 12.3. The second-order valence-corrected chi connectivity index (χ2v) is 14.8. The van der Waals surface area contributed by atoms with Crippen molar-refractivity contribution in [1.29, 1.82) is 0 Å². The van der Waals surface area contributed by atoms with Crippen LogP contribution in [0.3, 0.4) is 0 Å². The number of H-pyrrole nitrogens is 1. The van der Waals surface area contributed by atoms with Crippen LogP contribution in [0.25, 0.3) is 45.9 Å². The average Bonchev–Trinajstić information content (AvgIpc) is 3.94. The zero-order valence-electron chi connectivity index (χ0n) is 31.4. The maximum absolute atomic E-state index is 12.3. The van der Waals surface area contributed by atoms with E-state index in [-0.39, 0.29) is 64.0 Å². The molecule has 0 atom stereocenters. The number of hydrogen-bond donors (Lipinski definition) is 1. The summed E-state index contributed by atoms with van der Waals surface area (Å²) in [5.41, 5.74) is 2.88. The predicted molar refractivity (Wildman–Crippen MR) is 224 cm³/mol. The quantitative estimate of drug-likeness (QED) is 0.107. The third-order valence-corrected chi connectivity index (χ3v) is 9.43. The smallest absolute Gasteiger partial charge is 0.406 e. The van der Waals surface area contributed by atoms with Gasteiger partial charge in [-0.1, -0.05) is 82.4 Å². The molecule has 0 unspecified atom stereocenters. The summed E-state index contributed by atoms with van der Waals surface area (Å²) in [4.78, 5) is 31.4. The standard InChI is InChI=1S/C20H12BrF3N4O3.C13H7F3N4O3.C7H6Br2/c21-14-3-1-2-12(10-14)11-28-17(29)9-8-16(26-28)19-25-18(27-31-19)13-4-6-15(7-5-13)30-20(22,23)24;14-13(15,16)22-8-3-1-7(2-4-8)11-17-12(23-20-11)9-5-6-10(21)19-18-9;8-5-6-2-1-3-7(9)4-6/h1-10H,11H2;1-6H,(H,19,21);1-4H,5H2. The minimum atomic E-state index is -4.77. The van der Waals surface area contributed by atoms with E-state index in [2.05, 4.69) is 105 Å². The van der Waals surface area contributed by atoms with Gasteiger partial charge in [0.2, 0.25) is 11.6 Å². The van der Waals surface area contributed by atoms with Crippen LogP contribution in [-0.4, -0.2) is 53.0 Å². The number of nitrogens with one attached hydrogen (secondary N) is 1. The van der Waals surface area contributed by atoms with Crippen LogP contribution in [0.5, 0.6) is 11.5 Å². The van der Waals surface area contributed by atoms with Crippen molar-refractivity contribution in [1.82, 2.24) is 40.3 Å². The Morgan fingerprint density at radius 3 is 1.57 bits per heavy atom. The number of aromatic amines is 1. The second kappa shape index (κ2) is 20.6. The highest BCUT2D eigenvalue weighted by Crippen LogP contribution is 2.28.